The van der Waals surface area contributed by atoms with E-state index in [0.717, 1.165) is 0 Å². The van der Waals surface area contributed by atoms with Gasteiger partial charge in [0.25, 0.3) is 5.69 Å². The summed E-state index contributed by atoms with van der Waals surface area (Å²) < 4.78 is 26.9. The molecule has 1 fully saturated rings. The molecule has 1 atom stereocenters. The number of hydrogen-bond acceptors (Lipinski definition) is 5. The molecule has 1 heterocycles. The lowest BCUT2D eigenvalue weighted by Gasteiger charge is -2.33. The molecule has 1 aromatic carbocycles. The van der Waals surface area contributed by atoms with Gasteiger partial charge in [0.2, 0.25) is 10.0 Å². The average Bonchev–Trinajstić information content (AvgIpc) is 2.46. The molecule has 0 saturated carbocycles. The number of nitrogens with zero attached hydrogens (tertiary/aromatic N) is 2. The van der Waals surface area contributed by atoms with Crippen LogP contribution in [-0.4, -0.2) is 36.8 Å². The fourth-order valence-corrected chi connectivity index (χ4v) is 4.72. The number of nitrogens with two attached hydrogens (primary N) is 1. The second kappa shape index (κ2) is 7.57. The van der Waals surface area contributed by atoms with Crippen LogP contribution in [0.3, 0.4) is 0 Å². The second-order valence-corrected chi connectivity index (χ2v) is 7.66. The van der Waals surface area contributed by atoms with Gasteiger partial charge in [0, 0.05) is 25.2 Å². The van der Waals surface area contributed by atoms with Crippen molar-refractivity contribution in [3.05, 3.63) is 33.9 Å². The molecular formula is C14H22ClN3O4S. The van der Waals surface area contributed by atoms with Crippen LogP contribution in [0.25, 0.3) is 0 Å². The van der Waals surface area contributed by atoms with E-state index in [-0.39, 0.29) is 29.0 Å². The summed E-state index contributed by atoms with van der Waals surface area (Å²) in [6.07, 6.45) is 1.35. The normalized spacial score (nSPS) is 18.2. The number of rotatable bonds is 4. The van der Waals surface area contributed by atoms with E-state index in [0.29, 0.717) is 37.4 Å². The number of sulfonamides is 1. The van der Waals surface area contributed by atoms with Crippen molar-refractivity contribution in [2.45, 2.75) is 37.6 Å². The molecule has 0 radical (unpaired) electrons. The van der Waals surface area contributed by atoms with Crippen LogP contribution in [0, 0.1) is 23.0 Å². The van der Waals surface area contributed by atoms with Crippen LogP contribution in [-0.2, 0) is 10.0 Å². The van der Waals surface area contributed by atoms with Crippen molar-refractivity contribution in [2.75, 3.05) is 13.1 Å². The maximum atomic E-state index is 12.8. The molecule has 23 heavy (non-hydrogen) atoms. The summed E-state index contributed by atoms with van der Waals surface area (Å²) in [5, 5.41) is 11.2. The lowest BCUT2D eigenvalue weighted by Crippen LogP contribution is -2.42. The van der Waals surface area contributed by atoms with Crippen molar-refractivity contribution >= 4 is 28.1 Å². The maximum absolute atomic E-state index is 12.8. The smallest absolute Gasteiger partial charge is 0.289 e. The molecule has 0 spiro atoms. The highest BCUT2D eigenvalue weighted by molar-refractivity contribution is 7.89. The zero-order valence-electron chi connectivity index (χ0n) is 13.1. The van der Waals surface area contributed by atoms with E-state index in [1.165, 1.54) is 16.4 Å². The Kier molecular flexibility index (Phi) is 6.52. The number of hydrogen-bond donors (Lipinski definition) is 1. The summed E-state index contributed by atoms with van der Waals surface area (Å²) in [4.78, 5) is 10.3. The summed E-state index contributed by atoms with van der Waals surface area (Å²) in [5.41, 5.74) is 5.89. The van der Waals surface area contributed by atoms with Crippen molar-refractivity contribution in [1.82, 2.24) is 4.31 Å². The van der Waals surface area contributed by atoms with Gasteiger partial charge >= 0.3 is 0 Å². The fourth-order valence-electron chi connectivity index (χ4n) is 2.89. The van der Waals surface area contributed by atoms with Gasteiger partial charge in [-0.1, -0.05) is 12.1 Å². The second-order valence-electron chi connectivity index (χ2n) is 5.78. The Morgan fingerprint density at radius 2 is 1.91 bits per heavy atom. The Morgan fingerprint density at radius 1 is 1.35 bits per heavy atom. The van der Waals surface area contributed by atoms with E-state index < -0.39 is 14.9 Å². The third-order valence-electron chi connectivity index (χ3n) is 4.23. The lowest BCUT2D eigenvalue weighted by molar-refractivity contribution is -0.387. The Morgan fingerprint density at radius 3 is 2.39 bits per heavy atom. The van der Waals surface area contributed by atoms with Gasteiger partial charge in [-0.05, 0) is 38.2 Å². The maximum Gasteiger partial charge on any atom is 0.289 e. The third-order valence-corrected chi connectivity index (χ3v) is 6.32. The van der Waals surface area contributed by atoms with Crippen LogP contribution in [0.1, 0.15) is 25.3 Å². The third kappa shape index (κ3) is 4.00. The topological polar surface area (TPSA) is 107 Å². The zero-order chi connectivity index (χ0) is 16.5. The summed E-state index contributed by atoms with van der Waals surface area (Å²) in [6.45, 7) is 4.19. The minimum atomic E-state index is -3.87. The van der Waals surface area contributed by atoms with Gasteiger partial charge in [-0.15, -0.1) is 12.4 Å². The molecule has 9 heteroatoms. The van der Waals surface area contributed by atoms with Gasteiger partial charge in [-0.25, -0.2) is 8.42 Å². The van der Waals surface area contributed by atoms with E-state index in [4.69, 9.17) is 5.73 Å². The molecular weight excluding hydrogens is 342 g/mol. The summed E-state index contributed by atoms with van der Waals surface area (Å²) in [7, 11) is -3.87. The van der Waals surface area contributed by atoms with Gasteiger partial charge in [0.15, 0.2) is 4.90 Å². The molecule has 1 unspecified atom stereocenters. The number of nitro groups is 1. The molecule has 0 bridgehead atoms. The molecule has 1 aliphatic heterocycles. The molecule has 1 saturated heterocycles. The first-order chi connectivity index (χ1) is 10.2. The van der Waals surface area contributed by atoms with Crippen LogP contribution >= 0.6 is 12.4 Å². The molecule has 2 rings (SSSR count). The Balaban J connectivity index is 0.00000264. The lowest BCUT2D eigenvalue weighted by atomic mass is 9.92. The quantitative estimate of drug-likeness (QED) is 0.651. The minimum absolute atomic E-state index is 0. The molecule has 0 amide bonds. The standard InChI is InChI=1S/C14H21N3O4S.ClH/c1-10-4-3-5-13(17(18)19)14(10)22(20,21)16-8-6-12(7-9-16)11(2)15;/h3-5,11-12H,6-9,15H2,1-2H3;1H. The van der Waals surface area contributed by atoms with E-state index in [2.05, 4.69) is 0 Å². The molecule has 130 valence electrons. The van der Waals surface area contributed by atoms with Crippen molar-refractivity contribution in [3.8, 4) is 0 Å². The van der Waals surface area contributed by atoms with Crippen molar-refractivity contribution in [1.29, 1.82) is 0 Å². The largest absolute Gasteiger partial charge is 0.328 e. The SMILES string of the molecule is Cc1cccc([N+](=O)[O-])c1S(=O)(=O)N1CCC(C(C)N)CC1.Cl. The summed E-state index contributed by atoms with van der Waals surface area (Å²) in [6, 6.07) is 4.33. The predicted octanol–water partition coefficient (Wildman–Crippen LogP) is 2.07. The van der Waals surface area contributed by atoms with Gasteiger partial charge in [-0.2, -0.15) is 4.31 Å². The van der Waals surface area contributed by atoms with Crippen LogP contribution in [0.15, 0.2) is 23.1 Å². The number of halogens is 1. The Hall–Kier alpha value is -1.22. The van der Waals surface area contributed by atoms with Gasteiger partial charge < -0.3 is 5.73 Å². The van der Waals surface area contributed by atoms with Crippen molar-refractivity contribution in [2.24, 2.45) is 11.7 Å². The minimum Gasteiger partial charge on any atom is -0.328 e. The summed E-state index contributed by atoms with van der Waals surface area (Å²) in [5.74, 6) is 0.290. The van der Waals surface area contributed by atoms with Crippen LogP contribution in [0.4, 0.5) is 5.69 Å². The summed E-state index contributed by atoms with van der Waals surface area (Å²) >= 11 is 0. The number of nitro benzene ring substituents is 1. The first-order valence-electron chi connectivity index (χ1n) is 7.25. The van der Waals surface area contributed by atoms with Gasteiger partial charge in [0.1, 0.15) is 0 Å². The number of piperidine rings is 1. The molecule has 0 aromatic heterocycles. The zero-order valence-corrected chi connectivity index (χ0v) is 14.8. The van der Waals surface area contributed by atoms with E-state index in [1.807, 2.05) is 6.92 Å². The number of benzene rings is 1. The van der Waals surface area contributed by atoms with Crippen LogP contribution in [0.2, 0.25) is 0 Å². The molecule has 0 aliphatic carbocycles. The van der Waals surface area contributed by atoms with Crippen LogP contribution in [0.5, 0.6) is 0 Å². The highest BCUT2D eigenvalue weighted by atomic mass is 35.5. The van der Waals surface area contributed by atoms with E-state index >= 15 is 0 Å². The average molecular weight is 364 g/mol. The monoisotopic (exact) mass is 363 g/mol. The molecule has 1 aliphatic rings. The van der Waals surface area contributed by atoms with Gasteiger partial charge in [0.05, 0.1) is 4.92 Å². The van der Waals surface area contributed by atoms with Crippen molar-refractivity contribution in [3.63, 3.8) is 0 Å². The van der Waals surface area contributed by atoms with E-state index in [1.54, 1.807) is 13.0 Å². The molecule has 7 nitrogen and oxygen atoms in total. The van der Waals surface area contributed by atoms with Gasteiger partial charge in [-0.3, -0.25) is 10.1 Å². The first kappa shape index (κ1) is 19.8. The highest BCUT2D eigenvalue weighted by Crippen LogP contribution is 2.32. The molecule has 2 N–H and O–H groups in total. The predicted molar refractivity (Wildman–Crippen MR) is 90.2 cm³/mol. The van der Waals surface area contributed by atoms with E-state index in [9.17, 15) is 18.5 Å². The Labute approximate surface area is 142 Å². The van der Waals surface area contributed by atoms with Crippen molar-refractivity contribution < 1.29 is 13.3 Å². The highest BCUT2D eigenvalue weighted by Gasteiger charge is 2.35. The number of aryl methyl sites for hydroxylation is 1. The van der Waals surface area contributed by atoms with Crippen LogP contribution < -0.4 is 5.73 Å². The first-order valence-corrected chi connectivity index (χ1v) is 8.69. The Bertz CT molecular complexity index is 671. The fraction of sp³-hybridized carbons (Fsp3) is 0.571. The molecule has 1 aromatic rings.